The molecule has 0 fully saturated rings. The molecule has 0 aliphatic carbocycles. The van der Waals surface area contributed by atoms with E-state index in [1.54, 1.807) is 6.20 Å². The lowest BCUT2D eigenvalue weighted by molar-refractivity contribution is -0.120. The Morgan fingerprint density at radius 2 is 1.80 bits per heavy atom. The zero-order chi connectivity index (χ0) is 14.0. The molecule has 0 bridgehead atoms. The summed E-state index contributed by atoms with van der Waals surface area (Å²) in [5.74, 6) is 0.0950. The minimum atomic E-state index is 0.0950. The Kier molecular flexibility index (Phi) is 5.77. The molecule has 1 amide bonds. The van der Waals surface area contributed by atoms with Crippen LogP contribution in [0.25, 0.3) is 0 Å². The van der Waals surface area contributed by atoms with Crippen molar-refractivity contribution in [2.45, 2.75) is 25.7 Å². The van der Waals surface area contributed by atoms with Gasteiger partial charge in [0.2, 0.25) is 5.91 Å². The van der Waals surface area contributed by atoms with Crippen LogP contribution in [0.3, 0.4) is 0 Å². The van der Waals surface area contributed by atoms with Crippen LogP contribution in [-0.2, 0) is 17.6 Å². The Bertz CT molecular complexity index is 511. The van der Waals surface area contributed by atoms with Gasteiger partial charge in [0.1, 0.15) is 0 Å². The number of aromatic nitrogens is 1. The molecule has 20 heavy (non-hydrogen) atoms. The van der Waals surface area contributed by atoms with Crippen LogP contribution in [0.2, 0.25) is 0 Å². The second-order valence-corrected chi connectivity index (χ2v) is 4.83. The number of carbonyl (C=O) groups excluding carboxylic acids is 1. The maximum Gasteiger partial charge on any atom is 0.224 e. The summed E-state index contributed by atoms with van der Waals surface area (Å²) in [4.78, 5) is 15.8. The van der Waals surface area contributed by atoms with E-state index in [0.717, 1.165) is 31.4 Å². The van der Waals surface area contributed by atoms with E-state index in [1.807, 2.05) is 42.6 Å². The van der Waals surface area contributed by atoms with Gasteiger partial charge in [0, 0.05) is 18.9 Å². The number of hydrogen-bond acceptors (Lipinski definition) is 2. The topological polar surface area (TPSA) is 42.0 Å². The fourth-order valence-electron chi connectivity index (χ4n) is 2.07. The van der Waals surface area contributed by atoms with E-state index in [9.17, 15) is 4.79 Å². The van der Waals surface area contributed by atoms with Gasteiger partial charge in [-0.15, -0.1) is 0 Å². The van der Waals surface area contributed by atoms with Crippen molar-refractivity contribution >= 4 is 5.91 Å². The van der Waals surface area contributed by atoms with Crippen molar-refractivity contribution in [1.82, 2.24) is 10.3 Å². The molecule has 3 heteroatoms. The first-order valence-corrected chi connectivity index (χ1v) is 7.04. The third-order valence-corrected chi connectivity index (χ3v) is 3.14. The molecule has 3 nitrogen and oxygen atoms in total. The van der Waals surface area contributed by atoms with Gasteiger partial charge in [0.25, 0.3) is 0 Å². The van der Waals surface area contributed by atoms with Crippen LogP contribution in [0.5, 0.6) is 0 Å². The van der Waals surface area contributed by atoms with Crippen LogP contribution in [0, 0.1) is 0 Å². The van der Waals surface area contributed by atoms with Crippen molar-refractivity contribution in [1.29, 1.82) is 0 Å². The number of benzene rings is 1. The van der Waals surface area contributed by atoms with Gasteiger partial charge in [-0.05, 0) is 36.5 Å². The van der Waals surface area contributed by atoms with Crippen LogP contribution in [0.4, 0.5) is 0 Å². The van der Waals surface area contributed by atoms with E-state index < -0.39 is 0 Å². The molecule has 2 aromatic rings. The van der Waals surface area contributed by atoms with Gasteiger partial charge < -0.3 is 5.32 Å². The zero-order valence-corrected chi connectivity index (χ0v) is 11.6. The lowest BCUT2D eigenvalue weighted by atomic mass is 10.1. The Labute approximate surface area is 120 Å². The molecule has 1 aromatic heterocycles. The minimum absolute atomic E-state index is 0.0950. The fourth-order valence-corrected chi connectivity index (χ4v) is 2.07. The number of rotatable bonds is 7. The Morgan fingerprint density at radius 1 is 1.00 bits per heavy atom. The van der Waals surface area contributed by atoms with Crippen LogP contribution < -0.4 is 5.32 Å². The fraction of sp³-hybridized carbons (Fsp3) is 0.294. The van der Waals surface area contributed by atoms with Gasteiger partial charge in [-0.2, -0.15) is 0 Å². The average molecular weight is 268 g/mol. The molecule has 0 spiro atoms. The second-order valence-electron chi connectivity index (χ2n) is 4.83. The van der Waals surface area contributed by atoms with Crippen molar-refractivity contribution < 1.29 is 4.79 Å². The highest BCUT2D eigenvalue weighted by Crippen LogP contribution is 2.02. The Balaban J connectivity index is 1.58. The van der Waals surface area contributed by atoms with E-state index in [2.05, 4.69) is 16.4 Å². The predicted octanol–water partition coefficient (Wildman–Crippen LogP) is 2.76. The Hall–Kier alpha value is -2.16. The van der Waals surface area contributed by atoms with Crippen molar-refractivity contribution in [2.75, 3.05) is 6.54 Å². The minimum Gasteiger partial charge on any atom is -0.356 e. The summed E-state index contributed by atoms with van der Waals surface area (Å²) >= 11 is 0. The second kappa shape index (κ2) is 8.10. The first-order chi connectivity index (χ1) is 9.84. The summed E-state index contributed by atoms with van der Waals surface area (Å²) in [7, 11) is 0. The van der Waals surface area contributed by atoms with Gasteiger partial charge >= 0.3 is 0 Å². The van der Waals surface area contributed by atoms with E-state index in [4.69, 9.17) is 0 Å². The van der Waals surface area contributed by atoms with Gasteiger partial charge in [-0.1, -0.05) is 36.4 Å². The molecule has 0 aliphatic heterocycles. The molecular formula is C17H20N2O. The first kappa shape index (κ1) is 14.3. The number of amides is 1. The highest BCUT2D eigenvalue weighted by atomic mass is 16.1. The lowest BCUT2D eigenvalue weighted by Crippen LogP contribution is -2.26. The Morgan fingerprint density at radius 3 is 2.55 bits per heavy atom. The number of unbranched alkanes of at least 4 members (excludes halogenated alkanes) is 1. The van der Waals surface area contributed by atoms with Crippen LogP contribution in [0.1, 0.15) is 24.0 Å². The van der Waals surface area contributed by atoms with Crippen molar-refractivity contribution in [2.24, 2.45) is 0 Å². The maximum absolute atomic E-state index is 11.7. The molecule has 1 N–H and O–H groups in total. The molecule has 0 atom stereocenters. The highest BCUT2D eigenvalue weighted by molar-refractivity contribution is 5.78. The van der Waals surface area contributed by atoms with Crippen LogP contribution in [-0.4, -0.2) is 17.4 Å². The van der Waals surface area contributed by atoms with Crippen molar-refractivity contribution in [3.63, 3.8) is 0 Å². The van der Waals surface area contributed by atoms with E-state index in [0.29, 0.717) is 6.42 Å². The normalized spacial score (nSPS) is 10.2. The molecule has 0 saturated carbocycles. The smallest absolute Gasteiger partial charge is 0.224 e. The summed E-state index contributed by atoms with van der Waals surface area (Å²) in [5.41, 5.74) is 2.31. The monoisotopic (exact) mass is 268 g/mol. The van der Waals surface area contributed by atoms with E-state index in [-0.39, 0.29) is 5.91 Å². The quantitative estimate of drug-likeness (QED) is 0.785. The lowest BCUT2D eigenvalue weighted by Gasteiger charge is -2.05. The van der Waals surface area contributed by atoms with Crippen molar-refractivity contribution in [3.8, 4) is 0 Å². The number of aryl methyl sites for hydroxylation is 1. The van der Waals surface area contributed by atoms with E-state index >= 15 is 0 Å². The number of nitrogens with one attached hydrogen (secondary N) is 1. The summed E-state index contributed by atoms with van der Waals surface area (Å²) in [6.07, 6.45) is 7.22. The number of carbonyl (C=O) groups is 1. The number of nitrogens with zero attached hydrogens (tertiary/aromatic N) is 1. The van der Waals surface area contributed by atoms with Gasteiger partial charge in [0.15, 0.2) is 0 Å². The average Bonchev–Trinajstić information content (AvgIpc) is 2.49. The molecular weight excluding hydrogens is 248 g/mol. The molecule has 0 aliphatic rings. The van der Waals surface area contributed by atoms with Gasteiger partial charge in [0.05, 0.1) is 6.42 Å². The summed E-state index contributed by atoms with van der Waals surface area (Å²) in [5, 5.41) is 2.96. The van der Waals surface area contributed by atoms with Gasteiger partial charge in [-0.25, -0.2) is 0 Å². The molecule has 2 rings (SSSR count). The summed E-state index contributed by atoms with van der Waals surface area (Å²) < 4.78 is 0. The predicted molar refractivity (Wildman–Crippen MR) is 80.3 cm³/mol. The molecule has 104 valence electrons. The molecule has 0 saturated heterocycles. The largest absolute Gasteiger partial charge is 0.356 e. The standard InChI is InChI=1S/C17H20N2O/c20-17(13-15-7-2-1-3-8-15)19-12-5-4-9-16-10-6-11-18-14-16/h1-3,6-8,10-11,14H,4-5,9,12-13H2,(H,19,20). The third kappa shape index (κ3) is 5.22. The summed E-state index contributed by atoms with van der Waals surface area (Å²) in [6, 6.07) is 13.9. The third-order valence-electron chi connectivity index (χ3n) is 3.14. The molecule has 1 aromatic carbocycles. The summed E-state index contributed by atoms with van der Waals surface area (Å²) in [6.45, 7) is 0.742. The molecule has 0 radical (unpaired) electrons. The highest BCUT2D eigenvalue weighted by Gasteiger charge is 2.01. The first-order valence-electron chi connectivity index (χ1n) is 7.04. The van der Waals surface area contributed by atoms with Crippen LogP contribution >= 0.6 is 0 Å². The SMILES string of the molecule is O=C(Cc1ccccc1)NCCCCc1cccnc1. The van der Waals surface area contributed by atoms with Crippen molar-refractivity contribution in [3.05, 3.63) is 66.0 Å². The zero-order valence-electron chi connectivity index (χ0n) is 11.6. The van der Waals surface area contributed by atoms with Gasteiger partial charge in [-0.3, -0.25) is 9.78 Å². The maximum atomic E-state index is 11.7. The molecule has 1 heterocycles. The van der Waals surface area contributed by atoms with Crippen LogP contribution in [0.15, 0.2) is 54.9 Å². The number of pyridine rings is 1. The molecule has 0 unspecified atom stereocenters. The van der Waals surface area contributed by atoms with E-state index in [1.165, 1.54) is 5.56 Å². The number of hydrogen-bond donors (Lipinski definition) is 1.